The van der Waals surface area contributed by atoms with Gasteiger partial charge in [-0.1, -0.05) is 78.9 Å². The molecule has 1 aromatic heterocycles. The Bertz CT molecular complexity index is 1440. The van der Waals surface area contributed by atoms with Gasteiger partial charge < -0.3 is 14.7 Å². The van der Waals surface area contributed by atoms with Crippen LogP contribution in [0.2, 0.25) is 0 Å². The Kier molecular flexibility index (Phi) is 7.63. The largest absolute Gasteiger partial charge is 0.480 e. The first kappa shape index (κ1) is 25.7. The summed E-state index contributed by atoms with van der Waals surface area (Å²) in [7, 11) is 0. The highest BCUT2D eigenvalue weighted by atomic mass is 16.5. The smallest absolute Gasteiger partial charge is 0.411 e. The number of rotatable bonds is 9. The lowest BCUT2D eigenvalue weighted by atomic mass is 9.98. The molecule has 2 amide bonds. The summed E-state index contributed by atoms with van der Waals surface area (Å²) in [6.45, 7) is -0.0246. The molecule has 0 fully saturated rings. The molecule has 196 valence electrons. The summed E-state index contributed by atoms with van der Waals surface area (Å²) >= 11 is 0. The van der Waals surface area contributed by atoms with Crippen molar-refractivity contribution < 1.29 is 24.2 Å². The van der Waals surface area contributed by atoms with Crippen molar-refractivity contribution in [3.8, 4) is 11.1 Å². The molecule has 3 aromatic carbocycles. The van der Waals surface area contributed by atoms with Crippen LogP contribution < -0.4 is 5.32 Å². The first-order valence-electron chi connectivity index (χ1n) is 12.6. The van der Waals surface area contributed by atoms with Gasteiger partial charge in [0.2, 0.25) is 5.91 Å². The van der Waals surface area contributed by atoms with Crippen LogP contribution in [-0.2, 0) is 27.3 Å². The van der Waals surface area contributed by atoms with E-state index in [-0.39, 0.29) is 31.4 Å². The van der Waals surface area contributed by atoms with Crippen LogP contribution in [0.3, 0.4) is 0 Å². The van der Waals surface area contributed by atoms with Crippen LogP contribution in [0, 0.1) is 0 Å². The maximum atomic E-state index is 12.8. The van der Waals surface area contributed by atoms with E-state index in [9.17, 15) is 19.5 Å². The first-order valence-corrected chi connectivity index (χ1v) is 12.6. The van der Waals surface area contributed by atoms with Gasteiger partial charge >= 0.3 is 12.1 Å². The fourth-order valence-corrected chi connectivity index (χ4v) is 4.82. The third kappa shape index (κ3) is 6.13. The predicted octanol–water partition coefficient (Wildman–Crippen LogP) is 5.10. The Labute approximate surface area is 225 Å². The third-order valence-electron chi connectivity index (χ3n) is 6.64. The van der Waals surface area contributed by atoms with Gasteiger partial charge in [-0.15, -0.1) is 0 Å². The zero-order chi connectivity index (χ0) is 27.2. The van der Waals surface area contributed by atoms with E-state index in [0.29, 0.717) is 11.4 Å². The van der Waals surface area contributed by atoms with Crippen molar-refractivity contribution in [2.45, 2.75) is 18.9 Å². The standard InChI is InChI=1S/C31H27N3O5/c35-29(34(19-30(36)37)18-21-8-2-1-3-9-21)16-22-14-15-23(17-32-22)33-31(38)39-20-28-26-12-6-4-10-24(26)25-11-5-7-13-27(25)28/h1-15,17,28H,16,18-20H2,(H,33,38)(H,36,37). The maximum Gasteiger partial charge on any atom is 0.411 e. The number of amides is 2. The van der Waals surface area contributed by atoms with Gasteiger partial charge in [0, 0.05) is 18.2 Å². The molecular formula is C31H27N3O5. The molecule has 1 heterocycles. The minimum atomic E-state index is -1.09. The number of hydrogen-bond acceptors (Lipinski definition) is 5. The Morgan fingerprint density at radius 3 is 2.10 bits per heavy atom. The molecule has 0 saturated heterocycles. The normalized spacial score (nSPS) is 11.8. The first-order chi connectivity index (χ1) is 19.0. The van der Waals surface area contributed by atoms with Crippen LogP contribution in [0.1, 0.15) is 28.3 Å². The van der Waals surface area contributed by atoms with E-state index < -0.39 is 18.6 Å². The van der Waals surface area contributed by atoms with Gasteiger partial charge in [-0.05, 0) is 39.9 Å². The zero-order valence-corrected chi connectivity index (χ0v) is 21.1. The van der Waals surface area contributed by atoms with E-state index in [0.717, 1.165) is 27.8 Å². The number of carboxylic acid groups (broad SMARTS) is 1. The molecule has 0 unspecified atom stereocenters. The van der Waals surface area contributed by atoms with Crippen LogP contribution in [0.5, 0.6) is 0 Å². The number of hydrogen-bond donors (Lipinski definition) is 2. The van der Waals surface area contributed by atoms with Crippen molar-refractivity contribution in [2.75, 3.05) is 18.5 Å². The van der Waals surface area contributed by atoms with Crippen molar-refractivity contribution in [3.63, 3.8) is 0 Å². The second kappa shape index (κ2) is 11.6. The Balaban J connectivity index is 1.17. The molecule has 1 aliphatic carbocycles. The second-order valence-electron chi connectivity index (χ2n) is 9.29. The topological polar surface area (TPSA) is 109 Å². The predicted molar refractivity (Wildman–Crippen MR) is 146 cm³/mol. The minimum Gasteiger partial charge on any atom is -0.480 e. The number of ether oxygens (including phenoxy) is 1. The molecule has 0 saturated carbocycles. The van der Waals surface area contributed by atoms with Crippen LogP contribution in [0.25, 0.3) is 11.1 Å². The van der Waals surface area contributed by atoms with Crippen LogP contribution in [0.15, 0.2) is 97.2 Å². The molecule has 0 spiro atoms. The second-order valence-corrected chi connectivity index (χ2v) is 9.29. The van der Waals surface area contributed by atoms with Crippen molar-refractivity contribution >= 4 is 23.7 Å². The van der Waals surface area contributed by atoms with E-state index in [4.69, 9.17) is 4.74 Å². The molecule has 0 radical (unpaired) electrons. The number of nitrogens with one attached hydrogen (secondary N) is 1. The van der Waals surface area contributed by atoms with Gasteiger partial charge in [-0.3, -0.25) is 19.9 Å². The van der Waals surface area contributed by atoms with Gasteiger partial charge in [-0.25, -0.2) is 4.79 Å². The molecule has 8 nitrogen and oxygen atoms in total. The van der Waals surface area contributed by atoms with E-state index in [1.807, 2.05) is 54.6 Å². The highest BCUT2D eigenvalue weighted by Gasteiger charge is 2.29. The molecule has 5 rings (SSSR count). The number of pyridine rings is 1. The van der Waals surface area contributed by atoms with Crippen molar-refractivity contribution in [1.29, 1.82) is 0 Å². The van der Waals surface area contributed by atoms with Gasteiger partial charge in [-0.2, -0.15) is 0 Å². The molecule has 8 heteroatoms. The van der Waals surface area contributed by atoms with Crippen LogP contribution in [-0.4, -0.2) is 46.1 Å². The highest BCUT2D eigenvalue weighted by Crippen LogP contribution is 2.44. The number of benzene rings is 3. The number of fused-ring (bicyclic) bond motifs is 3. The average molecular weight is 522 g/mol. The van der Waals surface area contributed by atoms with Gasteiger partial charge in [0.15, 0.2) is 0 Å². The molecule has 0 atom stereocenters. The van der Waals surface area contributed by atoms with Gasteiger partial charge in [0.05, 0.1) is 18.3 Å². The number of aliphatic carboxylic acids is 1. The molecule has 1 aliphatic rings. The van der Waals surface area contributed by atoms with E-state index >= 15 is 0 Å². The molecule has 39 heavy (non-hydrogen) atoms. The lowest BCUT2D eigenvalue weighted by Gasteiger charge is -2.21. The average Bonchev–Trinajstić information content (AvgIpc) is 3.26. The maximum absolute atomic E-state index is 12.8. The zero-order valence-electron chi connectivity index (χ0n) is 21.1. The summed E-state index contributed by atoms with van der Waals surface area (Å²) in [4.78, 5) is 42.2. The van der Waals surface area contributed by atoms with E-state index in [1.165, 1.54) is 11.1 Å². The number of nitrogens with zero attached hydrogens (tertiary/aromatic N) is 2. The summed E-state index contributed by atoms with van der Waals surface area (Å²) in [6, 6.07) is 28.7. The Morgan fingerprint density at radius 2 is 1.49 bits per heavy atom. The van der Waals surface area contributed by atoms with E-state index in [1.54, 1.807) is 12.1 Å². The van der Waals surface area contributed by atoms with Crippen LogP contribution in [0.4, 0.5) is 10.5 Å². The lowest BCUT2D eigenvalue weighted by Crippen LogP contribution is -2.36. The Morgan fingerprint density at radius 1 is 0.846 bits per heavy atom. The van der Waals surface area contributed by atoms with E-state index in [2.05, 4.69) is 34.6 Å². The minimum absolute atomic E-state index is 0.0423. The van der Waals surface area contributed by atoms with Crippen molar-refractivity contribution in [2.24, 2.45) is 0 Å². The summed E-state index contributed by atoms with van der Waals surface area (Å²) in [5.41, 5.74) is 6.29. The SMILES string of the molecule is O=C(O)CN(Cc1ccccc1)C(=O)Cc1ccc(NC(=O)OCC2c3ccccc3-c3ccccc32)cn1. The molecule has 2 N–H and O–H groups in total. The van der Waals surface area contributed by atoms with Crippen molar-refractivity contribution in [1.82, 2.24) is 9.88 Å². The van der Waals surface area contributed by atoms with Crippen LogP contribution >= 0.6 is 0 Å². The Hall–Kier alpha value is -4.98. The molecular weight excluding hydrogens is 494 g/mol. The fourth-order valence-electron chi connectivity index (χ4n) is 4.82. The van der Waals surface area contributed by atoms with Crippen molar-refractivity contribution in [3.05, 3.63) is 120 Å². The van der Waals surface area contributed by atoms with Gasteiger partial charge in [0.1, 0.15) is 13.2 Å². The summed E-state index contributed by atoms with van der Waals surface area (Å²) in [6.07, 6.45) is 0.784. The summed E-state index contributed by atoms with van der Waals surface area (Å²) in [5, 5.41) is 11.9. The number of carbonyl (C=O) groups excluding carboxylic acids is 2. The number of aromatic nitrogens is 1. The molecule has 4 aromatic rings. The quantitative estimate of drug-likeness (QED) is 0.317. The lowest BCUT2D eigenvalue weighted by molar-refractivity contribution is -0.144. The number of carboxylic acids is 1. The highest BCUT2D eigenvalue weighted by molar-refractivity contribution is 5.85. The monoisotopic (exact) mass is 521 g/mol. The number of anilines is 1. The number of carbonyl (C=O) groups is 3. The molecule has 0 aliphatic heterocycles. The fraction of sp³-hybridized carbons (Fsp3) is 0.161. The summed E-state index contributed by atoms with van der Waals surface area (Å²) in [5.74, 6) is -1.49. The third-order valence-corrected chi connectivity index (χ3v) is 6.64. The van der Waals surface area contributed by atoms with Gasteiger partial charge in [0.25, 0.3) is 0 Å². The molecule has 0 bridgehead atoms. The summed E-state index contributed by atoms with van der Waals surface area (Å²) < 4.78 is 5.57.